The van der Waals surface area contributed by atoms with Gasteiger partial charge in [0, 0.05) is 23.2 Å². The molecule has 0 saturated carbocycles. The van der Waals surface area contributed by atoms with Crippen LogP contribution in [0.1, 0.15) is 12.0 Å². The van der Waals surface area contributed by atoms with Crippen LogP contribution in [0.15, 0.2) is 27.9 Å². The minimum atomic E-state index is -4.43. The van der Waals surface area contributed by atoms with Gasteiger partial charge in [0.15, 0.2) is 0 Å². The average molecular weight is 373 g/mol. The molecular weight excluding hydrogens is 362 g/mol. The van der Waals surface area contributed by atoms with Crippen molar-refractivity contribution in [2.75, 3.05) is 0 Å². The lowest BCUT2D eigenvalue weighted by atomic mass is 10.1. The maximum absolute atomic E-state index is 13.0. The van der Waals surface area contributed by atoms with Crippen LogP contribution in [0.4, 0.5) is 17.6 Å². The summed E-state index contributed by atoms with van der Waals surface area (Å²) in [4.78, 5) is 30.3. The number of nitrogens with one attached hydrogen (secondary N) is 1. The Kier molecular flexibility index (Phi) is 4.23. The van der Waals surface area contributed by atoms with Crippen LogP contribution in [-0.2, 0) is 6.54 Å². The molecule has 0 radical (unpaired) electrons. The van der Waals surface area contributed by atoms with Crippen molar-refractivity contribution in [1.82, 2.24) is 14.5 Å². The van der Waals surface area contributed by atoms with E-state index in [-0.39, 0.29) is 10.2 Å². The molecule has 0 amide bonds. The van der Waals surface area contributed by atoms with Crippen molar-refractivity contribution < 1.29 is 17.6 Å². The first kappa shape index (κ1) is 17.3. The Morgan fingerprint density at radius 1 is 1.28 bits per heavy atom. The SMILES string of the molecule is Cc1c(-c2ccc(F)nc2)sc2c1c(=O)[nH]c(=O)n2CCC(F)(F)F. The Hall–Kier alpha value is -2.49. The third-order valence-electron chi connectivity index (χ3n) is 3.67. The Bertz CT molecular complexity index is 1050. The van der Waals surface area contributed by atoms with Crippen molar-refractivity contribution in [2.24, 2.45) is 0 Å². The molecule has 0 fully saturated rings. The zero-order valence-corrected chi connectivity index (χ0v) is 13.6. The van der Waals surface area contributed by atoms with Gasteiger partial charge in [-0.3, -0.25) is 14.3 Å². The predicted molar refractivity (Wildman–Crippen MR) is 85.3 cm³/mol. The van der Waals surface area contributed by atoms with Gasteiger partial charge in [-0.15, -0.1) is 11.3 Å². The number of H-pyrrole nitrogens is 1. The molecule has 3 heterocycles. The number of aromatic nitrogens is 3. The van der Waals surface area contributed by atoms with Crippen LogP contribution < -0.4 is 11.2 Å². The summed E-state index contributed by atoms with van der Waals surface area (Å²) in [5.74, 6) is -0.678. The van der Waals surface area contributed by atoms with Crippen molar-refractivity contribution in [1.29, 1.82) is 0 Å². The quantitative estimate of drug-likeness (QED) is 0.566. The molecule has 3 aromatic heterocycles. The number of hydrogen-bond acceptors (Lipinski definition) is 4. The van der Waals surface area contributed by atoms with E-state index in [9.17, 15) is 27.2 Å². The van der Waals surface area contributed by atoms with Crippen LogP contribution in [0, 0.1) is 12.9 Å². The number of aromatic amines is 1. The summed E-state index contributed by atoms with van der Waals surface area (Å²) in [6.07, 6.45) is -4.37. The summed E-state index contributed by atoms with van der Waals surface area (Å²) in [5, 5.41) is 0.145. The van der Waals surface area contributed by atoms with Crippen LogP contribution in [0.2, 0.25) is 0 Å². The van der Waals surface area contributed by atoms with E-state index in [4.69, 9.17) is 0 Å². The van der Waals surface area contributed by atoms with E-state index < -0.39 is 36.3 Å². The van der Waals surface area contributed by atoms with Gasteiger partial charge in [0.2, 0.25) is 5.95 Å². The Morgan fingerprint density at radius 2 is 2.00 bits per heavy atom. The lowest BCUT2D eigenvalue weighted by molar-refractivity contribution is -0.136. The summed E-state index contributed by atoms with van der Waals surface area (Å²) in [6, 6.07) is 2.59. The Morgan fingerprint density at radius 3 is 2.60 bits per heavy atom. The van der Waals surface area contributed by atoms with Crippen LogP contribution in [0.25, 0.3) is 20.7 Å². The smallest absolute Gasteiger partial charge is 0.284 e. The number of pyridine rings is 1. The minimum Gasteiger partial charge on any atom is -0.284 e. The number of nitrogens with zero attached hydrogens (tertiary/aromatic N) is 2. The summed E-state index contributed by atoms with van der Waals surface area (Å²) < 4.78 is 51.4. The molecule has 25 heavy (non-hydrogen) atoms. The molecule has 10 heteroatoms. The second-order valence-electron chi connectivity index (χ2n) is 5.38. The first-order valence-corrected chi connectivity index (χ1v) is 7.94. The molecule has 1 N–H and O–H groups in total. The third-order valence-corrected chi connectivity index (χ3v) is 5.04. The molecule has 5 nitrogen and oxygen atoms in total. The monoisotopic (exact) mass is 373 g/mol. The molecule has 0 atom stereocenters. The molecule has 0 unspecified atom stereocenters. The maximum Gasteiger partial charge on any atom is 0.390 e. The fourth-order valence-corrected chi connectivity index (χ4v) is 3.82. The van der Waals surface area contributed by atoms with Crippen molar-refractivity contribution in [2.45, 2.75) is 26.1 Å². The standard InChI is InChI=1S/C15H11F4N3O2S/c1-7-10-12(23)21-14(24)22(5-4-15(17,18)19)13(10)25-11(7)8-2-3-9(16)20-6-8/h2-3,6H,4-5H2,1H3,(H,21,23,24). The third kappa shape index (κ3) is 3.34. The van der Waals surface area contributed by atoms with Gasteiger partial charge in [-0.25, -0.2) is 9.78 Å². The van der Waals surface area contributed by atoms with E-state index in [1.165, 1.54) is 12.3 Å². The molecule has 3 aromatic rings. The molecule has 3 rings (SSSR count). The van der Waals surface area contributed by atoms with Gasteiger partial charge >= 0.3 is 11.9 Å². The number of hydrogen-bond donors (Lipinski definition) is 1. The average Bonchev–Trinajstić information content (AvgIpc) is 2.84. The summed E-state index contributed by atoms with van der Waals surface area (Å²) in [7, 11) is 0. The second-order valence-corrected chi connectivity index (χ2v) is 6.38. The maximum atomic E-state index is 13.0. The van der Waals surface area contributed by atoms with Crippen LogP contribution >= 0.6 is 11.3 Å². The van der Waals surface area contributed by atoms with Crippen LogP contribution in [0.3, 0.4) is 0 Å². The van der Waals surface area contributed by atoms with Crippen LogP contribution in [-0.4, -0.2) is 20.7 Å². The number of thiophene rings is 1. The van der Waals surface area contributed by atoms with E-state index in [0.29, 0.717) is 16.0 Å². The molecule has 0 spiro atoms. The van der Waals surface area contributed by atoms with E-state index in [1.54, 1.807) is 6.92 Å². The van der Waals surface area contributed by atoms with E-state index in [1.807, 2.05) is 4.98 Å². The predicted octanol–water partition coefficient (Wildman–Crippen LogP) is 3.21. The van der Waals surface area contributed by atoms with Crippen molar-refractivity contribution in [3.63, 3.8) is 0 Å². The number of rotatable bonds is 3. The fourth-order valence-electron chi connectivity index (χ4n) is 2.50. The van der Waals surface area contributed by atoms with E-state index >= 15 is 0 Å². The van der Waals surface area contributed by atoms with Gasteiger partial charge in [0.25, 0.3) is 5.56 Å². The summed E-state index contributed by atoms with van der Waals surface area (Å²) in [5.41, 5.74) is -0.560. The normalized spacial score (nSPS) is 12.0. The van der Waals surface area contributed by atoms with Gasteiger partial charge in [-0.1, -0.05) is 0 Å². The van der Waals surface area contributed by atoms with E-state index in [2.05, 4.69) is 4.98 Å². The lowest BCUT2D eigenvalue weighted by Gasteiger charge is -2.09. The molecular formula is C15H11F4N3O2S. The highest BCUT2D eigenvalue weighted by Crippen LogP contribution is 2.36. The minimum absolute atomic E-state index is 0.145. The van der Waals surface area contributed by atoms with Gasteiger partial charge in [0.05, 0.1) is 11.8 Å². The molecule has 132 valence electrons. The summed E-state index contributed by atoms with van der Waals surface area (Å²) >= 11 is 1.00. The zero-order valence-electron chi connectivity index (χ0n) is 12.8. The van der Waals surface area contributed by atoms with Gasteiger partial charge in [-0.2, -0.15) is 17.6 Å². The highest BCUT2D eigenvalue weighted by Gasteiger charge is 2.28. The number of fused-ring (bicyclic) bond motifs is 1. The molecule has 0 aliphatic rings. The first-order valence-electron chi connectivity index (χ1n) is 7.12. The first-order chi connectivity index (χ1) is 11.7. The van der Waals surface area contributed by atoms with E-state index in [0.717, 1.165) is 22.0 Å². The topological polar surface area (TPSA) is 67.8 Å². The molecule has 0 bridgehead atoms. The van der Waals surface area contributed by atoms with Crippen molar-refractivity contribution in [3.05, 3.63) is 50.7 Å². The van der Waals surface area contributed by atoms with Crippen molar-refractivity contribution in [3.8, 4) is 10.4 Å². The summed E-state index contributed by atoms with van der Waals surface area (Å²) in [6.45, 7) is 1.02. The molecule has 0 aliphatic heterocycles. The Labute approximate surface area is 141 Å². The largest absolute Gasteiger partial charge is 0.390 e. The lowest BCUT2D eigenvalue weighted by Crippen LogP contribution is -2.31. The second kappa shape index (κ2) is 6.10. The van der Waals surface area contributed by atoms with Crippen LogP contribution in [0.5, 0.6) is 0 Å². The van der Waals surface area contributed by atoms with Gasteiger partial charge < -0.3 is 0 Å². The highest BCUT2D eigenvalue weighted by atomic mass is 32.1. The highest BCUT2D eigenvalue weighted by molar-refractivity contribution is 7.22. The number of alkyl halides is 3. The van der Waals surface area contributed by atoms with Gasteiger partial charge in [-0.05, 0) is 24.6 Å². The molecule has 0 aliphatic carbocycles. The molecule has 0 saturated heterocycles. The Balaban J connectivity index is 2.22. The number of halogens is 4. The van der Waals surface area contributed by atoms with Crippen molar-refractivity contribution >= 4 is 21.6 Å². The van der Waals surface area contributed by atoms with Gasteiger partial charge in [0.1, 0.15) is 4.83 Å². The fraction of sp³-hybridized carbons (Fsp3) is 0.267. The zero-order chi connectivity index (χ0) is 18.4. The molecule has 0 aromatic carbocycles. The number of aryl methyl sites for hydroxylation is 2.